The maximum Gasteiger partial charge on any atom is 0.194 e. The van der Waals surface area contributed by atoms with Gasteiger partial charge in [0.05, 0.1) is 6.54 Å². The van der Waals surface area contributed by atoms with E-state index in [0.29, 0.717) is 6.54 Å². The van der Waals surface area contributed by atoms with E-state index in [9.17, 15) is 4.39 Å². The molecule has 0 amide bonds. The summed E-state index contributed by atoms with van der Waals surface area (Å²) in [6.45, 7) is 4.36. The molecular weight excluding hydrogens is 291 g/mol. The second-order valence-electron chi connectivity index (χ2n) is 5.58. The van der Waals surface area contributed by atoms with Crippen LogP contribution < -0.4 is 5.32 Å². The average Bonchev–Trinajstić information content (AvgIpc) is 2.93. The molecule has 0 spiro atoms. The highest BCUT2D eigenvalue weighted by Gasteiger charge is 2.08. The smallest absolute Gasteiger partial charge is 0.194 e. The number of aliphatic imine (C=N–C) groups is 1. The molecule has 23 heavy (non-hydrogen) atoms. The summed E-state index contributed by atoms with van der Waals surface area (Å²) < 4.78 is 15.0. The molecule has 2 rings (SSSR count). The van der Waals surface area contributed by atoms with E-state index in [1.165, 1.54) is 17.8 Å². The molecule has 1 aromatic heterocycles. The normalized spacial score (nSPS) is 11.6. The summed E-state index contributed by atoms with van der Waals surface area (Å²) in [5, 5.41) is 3.32. The lowest BCUT2D eigenvalue weighted by Gasteiger charge is -2.22. The Balaban J connectivity index is 1.95. The van der Waals surface area contributed by atoms with Crippen LogP contribution in [0.5, 0.6) is 0 Å². The molecule has 0 fully saturated rings. The predicted octanol–water partition coefficient (Wildman–Crippen LogP) is 2.80. The van der Waals surface area contributed by atoms with Crippen LogP contribution in [-0.4, -0.2) is 35.6 Å². The van der Waals surface area contributed by atoms with Gasteiger partial charge in [0.2, 0.25) is 0 Å². The Morgan fingerprint density at radius 3 is 2.61 bits per heavy atom. The number of hydrogen-bond donors (Lipinski definition) is 1. The monoisotopic (exact) mass is 316 g/mol. The second-order valence-corrected chi connectivity index (χ2v) is 5.58. The van der Waals surface area contributed by atoms with E-state index in [2.05, 4.69) is 32.8 Å². The Hall–Kier alpha value is -2.30. The van der Waals surface area contributed by atoms with Crippen LogP contribution in [-0.2, 0) is 20.0 Å². The number of rotatable bonds is 6. The molecule has 1 aromatic carbocycles. The van der Waals surface area contributed by atoms with Gasteiger partial charge in [0, 0.05) is 39.1 Å². The predicted molar refractivity (Wildman–Crippen MR) is 93.0 cm³/mol. The van der Waals surface area contributed by atoms with E-state index in [4.69, 9.17) is 0 Å². The maximum atomic E-state index is 12.9. The highest BCUT2D eigenvalue weighted by atomic mass is 19.1. The number of guanidine groups is 1. The first-order valence-corrected chi connectivity index (χ1v) is 7.94. The number of halogens is 1. The Morgan fingerprint density at radius 1 is 1.26 bits per heavy atom. The number of hydrogen-bond acceptors (Lipinski definition) is 1. The lowest BCUT2D eigenvalue weighted by atomic mass is 10.1. The summed E-state index contributed by atoms with van der Waals surface area (Å²) in [4.78, 5) is 6.78. The van der Waals surface area contributed by atoms with Crippen molar-refractivity contribution in [3.05, 3.63) is 59.7 Å². The fourth-order valence-corrected chi connectivity index (χ4v) is 2.39. The maximum absolute atomic E-state index is 12.9. The van der Waals surface area contributed by atoms with E-state index in [0.717, 1.165) is 31.0 Å². The highest BCUT2D eigenvalue weighted by Crippen LogP contribution is 2.05. The summed E-state index contributed by atoms with van der Waals surface area (Å²) in [6.07, 6.45) is 2.84. The summed E-state index contributed by atoms with van der Waals surface area (Å²) in [7, 11) is 4.08. The summed E-state index contributed by atoms with van der Waals surface area (Å²) >= 11 is 0. The minimum absolute atomic E-state index is 0.201. The number of nitrogens with zero attached hydrogens (tertiary/aromatic N) is 3. The molecular formula is C18H25FN4. The van der Waals surface area contributed by atoms with Crippen LogP contribution in [0.15, 0.2) is 47.6 Å². The minimum Gasteiger partial charge on any atom is -0.357 e. The zero-order valence-corrected chi connectivity index (χ0v) is 14.1. The number of aryl methyl sites for hydroxylation is 1. The van der Waals surface area contributed by atoms with Gasteiger partial charge in [0.25, 0.3) is 0 Å². The molecule has 0 aliphatic carbocycles. The fourth-order valence-electron chi connectivity index (χ4n) is 2.39. The van der Waals surface area contributed by atoms with Crippen LogP contribution in [0.4, 0.5) is 4.39 Å². The largest absolute Gasteiger partial charge is 0.357 e. The van der Waals surface area contributed by atoms with Gasteiger partial charge >= 0.3 is 0 Å². The Labute approximate surface area is 137 Å². The van der Waals surface area contributed by atoms with Gasteiger partial charge in [-0.25, -0.2) is 4.39 Å². The molecule has 2 aromatic rings. The molecule has 124 valence electrons. The molecule has 0 radical (unpaired) electrons. The van der Waals surface area contributed by atoms with Gasteiger partial charge in [0.1, 0.15) is 5.82 Å². The van der Waals surface area contributed by atoms with E-state index in [-0.39, 0.29) is 5.82 Å². The van der Waals surface area contributed by atoms with Gasteiger partial charge in [-0.05, 0) is 43.2 Å². The molecule has 5 heteroatoms. The summed E-state index contributed by atoms with van der Waals surface area (Å²) in [6, 6.07) is 10.8. The molecule has 0 saturated carbocycles. The van der Waals surface area contributed by atoms with Crippen molar-refractivity contribution < 1.29 is 4.39 Å². The molecule has 1 heterocycles. The summed E-state index contributed by atoms with van der Waals surface area (Å²) in [5.41, 5.74) is 2.33. The van der Waals surface area contributed by atoms with Gasteiger partial charge in [-0.3, -0.25) is 4.99 Å². The first kappa shape index (κ1) is 17.1. The first-order chi connectivity index (χ1) is 11.1. The molecule has 0 unspecified atom stereocenters. The molecule has 0 bridgehead atoms. The van der Waals surface area contributed by atoms with Crippen molar-refractivity contribution in [1.29, 1.82) is 0 Å². The van der Waals surface area contributed by atoms with E-state index in [1.807, 2.05) is 38.5 Å². The van der Waals surface area contributed by atoms with Crippen molar-refractivity contribution in [2.45, 2.75) is 19.9 Å². The Bertz CT molecular complexity index is 631. The molecule has 0 atom stereocenters. The van der Waals surface area contributed by atoms with Crippen molar-refractivity contribution in [2.24, 2.45) is 12.0 Å². The van der Waals surface area contributed by atoms with Crippen LogP contribution in [0.25, 0.3) is 0 Å². The van der Waals surface area contributed by atoms with Crippen molar-refractivity contribution in [3.8, 4) is 0 Å². The highest BCUT2D eigenvalue weighted by molar-refractivity contribution is 5.79. The zero-order valence-electron chi connectivity index (χ0n) is 14.1. The quantitative estimate of drug-likeness (QED) is 0.656. The third-order valence-corrected chi connectivity index (χ3v) is 3.72. The lowest BCUT2D eigenvalue weighted by molar-refractivity contribution is 0.462. The Morgan fingerprint density at radius 2 is 2.00 bits per heavy atom. The van der Waals surface area contributed by atoms with Gasteiger partial charge < -0.3 is 14.8 Å². The van der Waals surface area contributed by atoms with E-state index >= 15 is 0 Å². The average molecular weight is 316 g/mol. The van der Waals surface area contributed by atoms with Crippen molar-refractivity contribution >= 4 is 5.96 Å². The molecule has 0 saturated heterocycles. The number of nitrogens with one attached hydrogen (secondary N) is 1. The SMILES string of the molecule is CCNC(=NCCc1ccc(F)cc1)N(C)Cc1cccn1C. The van der Waals surface area contributed by atoms with E-state index < -0.39 is 0 Å². The second kappa shape index (κ2) is 8.36. The topological polar surface area (TPSA) is 32.6 Å². The fraction of sp³-hybridized carbons (Fsp3) is 0.389. The minimum atomic E-state index is -0.201. The van der Waals surface area contributed by atoms with Crippen LogP contribution in [0.1, 0.15) is 18.2 Å². The van der Waals surface area contributed by atoms with Crippen LogP contribution in [0, 0.1) is 5.82 Å². The molecule has 0 aliphatic rings. The van der Waals surface area contributed by atoms with Crippen molar-refractivity contribution in [2.75, 3.05) is 20.1 Å². The van der Waals surface area contributed by atoms with Crippen molar-refractivity contribution in [3.63, 3.8) is 0 Å². The third kappa shape index (κ3) is 5.13. The number of aromatic nitrogens is 1. The molecule has 4 nitrogen and oxygen atoms in total. The van der Waals surface area contributed by atoms with Crippen LogP contribution in [0.2, 0.25) is 0 Å². The molecule has 1 N–H and O–H groups in total. The first-order valence-electron chi connectivity index (χ1n) is 7.94. The standard InChI is InChI=1S/C18H25FN4/c1-4-20-18(23(3)14-17-6-5-13-22(17)2)21-12-11-15-7-9-16(19)10-8-15/h5-10,13H,4,11-12,14H2,1-3H3,(H,20,21). The van der Waals surface area contributed by atoms with Gasteiger partial charge in [-0.15, -0.1) is 0 Å². The van der Waals surface area contributed by atoms with Gasteiger partial charge in [0.15, 0.2) is 5.96 Å². The van der Waals surface area contributed by atoms with Gasteiger partial charge in [-0.1, -0.05) is 12.1 Å². The van der Waals surface area contributed by atoms with Gasteiger partial charge in [-0.2, -0.15) is 0 Å². The summed E-state index contributed by atoms with van der Waals surface area (Å²) in [5.74, 6) is 0.684. The number of benzene rings is 1. The van der Waals surface area contributed by atoms with Crippen LogP contribution >= 0.6 is 0 Å². The van der Waals surface area contributed by atoms with Crippen LogP contribution in [0.3, 0.4) is 0 Å². The molecule has 0 aliphatic heterocycles. The third-order valence-electron chi connectivity index (χ3n) is 3.72. The lowest BCUT2D eigenvalue weighted by Crippen LogP contribution is -2.39. The van der Waals surface area contributed by atoms with E-state index in [1.54, 1.807) is 0 Å². The zero-order chi connectivity index (χ0) is 16.7. The van der Waals surface area contributed by atoms with Crippen molar-refractivity contribution in [1.82, 2.24) is 14.8 Å². The Kier molecular flexibility index (Phi) is 6.20.